The molecule has 0 aliphatic heterocycles. The third-order valence-corrected chi connectivity index (χ3v) is 1.96. The van der Waals surface area contributed by atoms with Gasteiger partial charge in [0, 0.05) is 11.1 Å². The maximum atomic E-state index is 12.5. The van der Waals surface area contributed by atoms with Gasteiger partial charge in [0.15, 0.2) is 5.78 Å². The summed E-state index contributed by atoms with van der Waals surface area (Å²) in [7, 11) is 0. The van der Waals surface area contributed by atoms with E-state index in [-0.39, 0.29) is 16.8 Å². The topological polar surface area (TPSA) is 66.9 Å². The number of anilines is 1. The van der Waals surface area contributed by atoms with Gasteiger partial charge in [-0.25, -0.2) is 8.78 Å². The molecule has 0 bridgehead atoms. The zero-order valence-electron chi connectivity index (χ0n) is 7.92. The van der Waals surface area contributed by atoms with Crippen molar-refractivity contribution in [3.63, 3.8) is 0 Å². The first-order chi connectivity index (χ1) is 6.97. The quantitative estimate of drug-likeness (QED) is 0.601. The lowest BCUT2D eigenvalue weighted by molar-refractivity contribution is 0.101. The molecule has 0 amide bonds. The van der Waals surface area contributed by atoms with Crippen LogP contribution in [-0.4, -0.2) is 5.78 Å². The fourth-order valence-corrected chi connectivity index (χ4v) is 1.21. The van der Waals surface area contributed by atoms with E-state index in [1.165, 1.54) is 13.0 Å². The molecule has 0 radical (unpaired) electrons. The maximum Gasteiger partial charge on any atom is 0.265 e. The Hall–Kier alpha value is -1.96. The summed E-state index contributed by atoms with van der Waals surface area (Å²) in [6.45, 7) is 1.21. The van der Waals surface area contributed by atoms with Crippen molar-refractivity contribution in [3.05, 3.63) is 28.8 Å². The molecule has 5 heteroatoms. The number of alkyl halides is 2. The number of ketones is 1. The van der Waals surface area contributed by atoms with E-state index in [4.69, 9.17) is 11.0 Å². The minimum atomic E-state index is -2.80. The number of carbonyl (C=O) groups excluding carboxylic acids is 1. The van der Waals surface area contributed by atoms with Crippen molar-refractivity contribution >= 4 is 11.5 Å². The fourth-order valence-electron chi connectivity index (χ4n) is 1.21. The first-order valence-electron chi connectivity index (χ1n) is 4.10. The summed E-state index contributed by atoms with van der Waals surface area (Å²) in [5, 5.41) is 8.59. The van der Waals surface area contributed by atoms with Crippen LogP contribution in [0, 0.1) is 11.3 Å². The summed E-state index contributed by atoms with van der Waals surface area (Å²) < 4.78 is 25.0. The number of carbonyl (C=O) groups is 1. The Morgan fingerprint density at radius 3 is 2.53 bits per heavy atom. The number of Topliss-reactive ketones (excluding diaryl/α,β-unsaturated/α-hetero) is 1. The lowest BCUT2D eigenvalue weighted by atomic mass is 10.0. The normalized spacial score (nSPS) is 10.1. The van der Waals surface area contributed by atoms with Crippen LogP contribution in [0.1, 0.15) is 34.8 Å². The van der Waals surface area contributed by atoms with E-state index in [2.05, 4.69) is 0 Å². The van der Waals surface area contributed by atoms with Gasteiger partial charge in [-0.15, -0.1) is 0 Å². The summed E-state index contributed by atoms with van der Waals surface area (Å²) in [6, 6.07) is 3.91. The van der Waals surface area contributed by atoms with Crippen LogP contribution in [0.4, 0.5) is 14.5 Å². The number of halogens is 2. The predicted octanol–water partition coefficient (Wildman–Crippen LogP) is 2.28. The number of nitrogens with zero attached hydrogens (tertiary/aromatic N) is 1. The highest BCUT2D eigenvalue weighted by Crippen LogP contribution is 2.29. The second-order valence-electron chi connectivity index (χ2n) is 3.00. The van der Waals surface area contributed by atoms with E-state index in [1.54, 1.807) is 6.07 Å². The summed E-state index contributed by atoms with van der Waals surface area (Å²) in [5.41, 5.74) is 4.64. The van der Waals surface area contributed by atoms with Crippen LogP contribution >= 0.6 is 0 Å². The van der Waals surface area contributed by atoms with Crippen molar-refractivity contribution in [1.29, 1.82) is 5.26 Å². The summed E-state index contributed by atoms with van der Waals surface area (Å²) >= 11 is 0. The summed E-state index contributed by atoms with van der Waals surface area (Å²) in [4.78, 5) is 11.1. The van der Waals surface area contributed by atoms with E-state index in [9.17, 15) is 13.6 Å². The fraction of sp³-hybridized carbons (Fsp3) is 0.200. The first-order valence-corrected chi connectivity index (χ1v) is 4.10. The molecule has 0 aromatic heterocycles. The van der Waals surface area contributed by atoms with Gasteiger partial charge in [0.05, 0.1) is 17.3 Å². The zero-order chi connectivity index (χ0) is 11.6. The third-order valence-electron chi connectivity index (χ3n) is 1.96. The van der Waals surface area contributed by atoms with Crippen LogP contribution in [0.2, 0.25) is 0 Å². The van der Waals surface area contributed by atoms with Crippen molar-refractivity contribution in [3.8, 4) is 6.07 Å². The van der Waals surface area contributed by atoms with E-state index >= 15 is 0 Å². The maximum absolute atomic E-state index is 12.5. The molecule has 1 aromatic rings. The van der Waals surface area contributed by atoms with Crippen LogP contribution in [0.3, 0.4) is 0 Å². The number of hydrogen-bond donors (Lipinski definition) is 1. The molecule has 3 nitrogen and oxygen atoms in total. The Bertz CT molecular complexity index is 449. The highest BCUT2D eigenvalue weighted by atomic mass is 19.3. The molecule has 0 aliphatic rings. The number of rotatable bonds is 2. The second-order valence-corrected chi connectivity index (χ2v) is 3.00. The molecule has 0 unspecified atom stereocenters. The minimum absolute atomic E-state index is 0.00435. The number of nitrogens with two attached hydrogens (primary N) is 1. The van der Waals surface area contributed by atoms with E-state index in [0.717, 1.165) is 6.07 Å². The SMILES string of the molecule is CC(=O)c1cc(C#N)cc(C(F)F)c1N. The van der Waals surface area contributed by atoms with E-state index in [1.807, 2.05) is 0 Å². The van der Waals surface area contributed by atoms with Gasteiger partial charge in [0.25, 0.3) is 6.43 Å². The molecule has 0 saturated carbocycles. The van der Waals surface area contributed by atoms with Crippen LogP contribution in [0.25, 0.3) is 0 Å². The van der Waals surface area contributed by atoms with Crippen molar-refractivity contribution < 1.29 is 13.6 Å². The van der Waals surface area contributed by atoms with Crippen LogP contribution in [0.15, 0.2) is 12.1 Å². The molecule has 0 aliphatic carbocycles. The Kier molecular flexibility index (Phi) is 3.00. The minimum Gasteiger partial charge on any atom is -0.398 e. The summed E-state index contributed by atoms with van der Waals surface area (Å²) in [5.74, 6) is -0.438. The molecule has 0 spiro atoms. The molecule has 0 saturated heterocycles. The molecule has 78 valence electrons. The second kappa shape index (κ2) is 4.05. The van der Waals surface area contributed by atoms with Gasteiger partial charge in [0.2, 0.25) is 0 Å². The van der Waals surface area contributed by atoms with Gasteiger partial charge in [-0.2, -0.15) is 5.26 Å². The molecule has 1 rings (SSSR count). The average molecular weight is 210 g/mol. The number of benzene rings is 1. The lowest BCUT2D eigenvalue weighted by Gasteiger charge is -2.08. The van der Waals surface area contributed by atoms with Gasteiger partial charge >= 0.3 is 0 Å². The van der Waals surface area contributed by atoms with Gasteiger partial charge in [-0.1, -0.05) is 0 Å². The van der Waals surface area contributed by atoms with Crippen molar-refractivity contribution in [2.24, 2.45) is 0 Å². The Labute approximate surface area is 85.1 Å². The number of nitrogen functional groups attached to an aromatic ring is 1. The third kappa shape index (κ3) is 2.10. The van der Waals surface area contributed by atoms with Crippen LogP contribution < -0.4 is 5.73 Å². The standard InChI is InChI=1S/C10H8F2N2O/c1-5(15)7-2-6(4-13)3-8(9(7)14)10(11)12/h2-3,10H,14H2,1H3. The molecule has 0 heterocycles. The Balaban J connectivity index is 3.49. The highest BCUT2D eigenvalue weighted by molar-refractivity contribution is 6.00. The van der Waals surface area contributed by atoms with E-state index < -0.39 is 17.8 Å². The molecular formula is C10H8F2N2O. The largest absolute Gasteiger partial charge is 0.398 e. The predicted molar refractivity (Wildman–Crippen MR) is 50.5 cm³/mol. The Morgan fingerprint density at radius 1 is 1.53 bits per heavy atom. The molecule has 1 aromatic carbocycles. The monoisotopic (exact) mass is 210 g/mol. The molecular weight excluding hydrogens is 202 g/mol. The molecule has 0 atom stereocenters. The van der Waals surface area contributed by atoms with Gasteiger partial charge in [0.1, 0.15) is 0 Å². The molecule has 0 fully saturated rings. The van der Waals surface area contributed by atoms with Crippen molar-refractivity contribution in [2.75, 3.05) is 5.73 Å². The lowest BCUT2D eigenvalue weighted by Crippen LogP contribution is -2.05. The molecule has 2 N–H and O–H groups in total. The Morgan fingerprint density at radius 2 is 2.13 bits per heavy atom. The average Bonchev–Trinajstić information content (AvgIpc) is 2.17. The van der Waals surface area contributed by atoms with E-state index in [0.29, 0.717) is 0 Å². The smallest absolute Gasteiger partial charge is 0.265 e. The van der Waals surface area contributed by atoms with Gasteiger partial charge < -0.3 is 5.73 Å². The van der Waals surface area contributed by atoms with Crippen LogP contribution in [0.5, 0.6) is 0 Å². The first kappa shape index (κ1) is 11.1. The highest BCUT2D eigenvalue weighted by Gasteiger charge is 2.17. The van der Waals surface area contributed by atoms with Crippen LogP contribution in [-0.2, 0) is 0 Å². The van der Waals surface area contributed by atoms with Gasteiger partial charge in [-0.05, 0) is 19.1 Å². The zero-order valence-corrected chi connectivity index (χ0v) is 7.92. The van der Waals surface area contributed by atoms with Gasteiger partial charge in [-0.3, -0.25) is 4.79 Å². The number of nitriles is 1. The number of hydrogen-bond acceptors (Lipinski definition) is 3. The molecule has 15 heavy (non-hydrogen) atoms. The summed E-state index contributed by atoms with van der Waals surface area (Å²) in [6.07, 6.45) is -2.80. The van der Waals surface area contributed by atoms with Crippen molar-refractivity contribution in [1.82, 2.24) is 0 Å². The van der Waals surface area contributed by atoms with Crippen molar-refractivity contribution in [2.45, 2.75) is 13.3 Å².